The number of imidazole rings is 1. The fourth-order valence-electron chi connectivity index (χ4n) is 2.93. The van der Waals surface area contributed by atoms with Crippen molar-refractivity contribution in [2.45, 2.75) is 26.3 Å². The van der Waals surface area contributed by atoms with Crippen molar-refractivity contribution in [1.82, 2.24) is 9.55 Å². The minimum Gasteiger partial charge on any atom is -0.493 e. The van der Waals surface area contributed by atoms with Gasteiger partial charge < -0.3 is 14.0 Å². The number of methoxy groups -OCH3 is 2. The topological polar surface area (TPSA) is 36.3 Å². The molecular formula is C19H21ClN2O2. The Bertz CT molecular complexity index is 858. The zero-order chi connectivity index (χ0) is 17.1. The van der Waals surface area contributed by atoms with Gasteiger partial charge >= 0.3 is 0 Å². The number of hydrogen-bond acceptors (Lipinski definition) is 3. The van der Waals surface area contributed by atoms with Gasteiger partial charge in [-0.15, -0.1) is 0 Å². The second-order valence-electron chi connectivity index (χ2n) is 5.68. The first-order valence-corrected chi connectivity index (χ1v) is 8.39. The van der Waals surface area contributed by atoms with Crippen LogP contribution in [0.2, 0.25) is 5.02 Å². The maximum absolute atomic E-state index is 6.11. The summed E-state index contributed by atoms with van der Waals surface area (Å²) < 4.78 is 13.0. The third kappa shape index (κ3) is 3.20. The first-order valence-electron chi connectivity index (χ1n) is 8.01. The lowest BCUT2D eigenvalue weighted by Crippen LogP contribution is -2.04. The number of aryl methyl sites for hydroxylation is 1. The number of hydrogen-bond donors (Lipinski definition) is 0. The Balaban J connectivity index is 2.01. The summed E-state index contributed by atoms with van der Waals surface area (Å²) in [6.45, 7) is 3.10. The summed E-state index contributed by atoms with van der Waals surface area (Å²) in [5.74, 6) is 2.49. The van der Waals surface area contributed by atoms with Crippen LogP contribution in [0, 0.1) is 0 Å². The van der Waals surface area contributed by atoms with E-state index in [4.69, 9.17) is 26.1 Å². The van der Waals surface area contributed by atoms with Crippen LogP contribution >= 0.6 is 11.6 Å². The van der Waals surface area contributed by atoms with E-state index in [2.05, 4.69) is 11.5 Å². The van der Waals surface area contributed by atoms with Crippen LogP contribution < -0.4 is 9.47 Å². The number of nitrogens with zero attached hydrogens (tertiary/aromatic N) is 2. The first kappa shape index (κ1) is 16.7. The molecule has 0 aliphatic carbocycles. The monoisotopic (exact) mass is 344 g/mol. The highest BCUT2D eigenvalue weighted by molar-refractivity contribution is 6.31. The molecule has 5 heteroatoms. The van der Waals surface area contributed by atoms with Crippen molar-refractivity contribution in [1.29, 1.82) is 0 Å². The predicted molar refractivity (Wildman–Crippen MR) is 97.4 cm³/mol. The standard InChI is InChI=1S/C19H21ClN2O2/c1-4-9-22-16-7-6-14(20)12-15(16)21-19(22)11-13-5-8-17(23-2)18(10-13)24-3/h5-8,10,12H,4,9,11H2,1-3H3. The fraction of sp³-hybridized carbons (Fsp3) is 0.316. The first-order chi connectivity index (χ1) is 11.7. The van der Waals surface area contributed by atoms with Crippen LogP contribution in [0.4, 0.5) is 0 Å². The van der Waals surface area contributed by atoms with Crippen LogP contribution in [0.15, 0.2) is 36.4 Å². The van der Waals surface area contributed by atoms with E-state index in [1.165, 1.54) is 0 Å². The molecule has 2 aromatic carbocycles. The van der Waals surface area contributed by atoms with Crippen LogP contribution in [-0.2, 0) is 13.0 Å². The van der Waals surface area contributed by atoms with Crippen LogP contribution in [0.3, 0.4) is 0 Å². The molecule has 0 saturated carbocycles. The molecule has 126 valence electrons. The number of ether oxygens (including phenoxy) is 2. The molecule has 0 unspecified atom stereocenters. The molecule has 0 amide bonds. The van der Waals surface area contributed by atoms with Crippen molar-refractivity contribution in [3.8, 4) is 11.5 Å². The van der Waals surface area contributed by atoms with Gasteiger partial charge in [0.25, 0.3) is 0 Å². The maximum atomic E-state index is 6.11. The largest absolute Gasteiger partial charge is 0.493 e. The minimum atomic E-state index is 0.710. The third-order valence-corrected chi connectivity index (χ3v) is 4.28. The van der Waals surface area contributed by atoms with Crippen LogP contribution in [0.25, 0.3) is 11.0 Å². The van der Waals surface area contributed by atoms with Gasteiger partial charge in [-0.1, -0.05) is 24.6 Å². The normalized spacial score (nSPS) is 11.0. The predicted octanol–water partition coefficient (Wildman–Crippen LogP) is 4.71. The Morgan fingerprint density at radius 2 is 1.83 bits per heavy atom. The van der Waals surface area contributed by atoms with Gasteiger partial charge in [-0.05, 0) is 42.3 Å². The lowest BCUT2D eigenvalue weighted by Gasteiger charge is -2.11. The summed E-state index contributed by atoms with van der Waals surface area (Å²) in [6.07, 6.45) is 1.78. The molecule has 1 aromatic heterocycles. The highest BCUT2D eigenvalue weighted by atomic mass is 35.5. The minimum absolute atomic E-state index is 0.710. The molecule has 3 aromatic rings. The summed E-state index contributed by atoms with van der Waals surface area (Å²) >= 11 is 6.11. The van der Waals surface area contributed by atoms with Crippen LogP contribution in [-0.4, -0.2) is 23.8 Å². The van der Waals surface area contributed by atoms with Gasteiger partial charge in [-0.25, -0.2) is 4.98 Å². The Kier molecular flexibility index (Phi) is 4.95. The Morgan fingerprint density at radius 1 is 1.04 bits per heavy atom. The summed E-state index contributed by atoms with van der Waals surface area (Å²) in [5, 5.41) is 0.710. The van der Waals surface area contributed by atoms with Gasteiger partial charge in [-0.2, -0.15) is 0 Å². The zero-order valence-corrected chi connectivity index (χ0v) is 14.9. The summed E-state index contributed by atoms with van der Waals surface area (Å²) in [7, 11) is 3.29. The molecule has 3 rings (SSSR count). The van der Waals surface area contributed by atoms with Crippen molar-refractivity contribution in [2.75, 3.05) is 14.2 Å². The molecule has 0 bridgehead atoms. The summed E-state index contributed by atoms with van der Waals surface area (Å²) in [5.41, 5.74) is 3.19. The van der Waals surface area contributed by atoms with Gasteiger partial charge in [0.2, 0.25) is 0 Å². The van der Waals surface area contributed by atoms with E-state index in [1.807, 2.05) is 36.4 Å². The molecule has 0 atom stereocenters. The molecular weight excluding hydrogens is 324 g/mol. The average molecular weight is 345 g/mol. The van der Waals surface area contributed by atoms with Gasteiger partial charge in [0.1, 0.15) is 5.82 Å². The summed E-state index contributed by atoms with van der Waals surface area (Å²) in [6, 6.07) is 11.8. The highest BCUT2D eigenvalue weighted by Gasteiger charge is 2.13. The van der Waals surface area contributed by atoms with Crippen molar-refractivity contribution >= 4 is 22.6 Å². The van der Waals surface area contributed by atoms with Crippen molar-refractivity contribution in [2.24, 2.45) is 0 Å². The molecule has 0 saturated heterocycles. The Labute approximate surface area is 147 Å². The number of rotatable bonds is 6. The highest BCUT2D eigenvalue weighted by Crippen LogP contribution is 2.29. The number of halogens is 1. The number of benzene rings is 2. The molecule has 0 N–H and O–H groups in total. The molecule has 0 radical (unpaired) electrons. The van der Waals surface area contributed by atoms with E-state index >= 15 is 0 Å². The number of aromatic nitrogens is 2. The maximum Gasteiger partial charge on any atom is 0.161 e. The van der Waals surface area contributed by atoms with Crippen LogP contribution in [0.5, 0.6) is 11.5 Å². The molecule has 0 fully saturated rings. The van der Waals surface area contributed by atoms with Crippen LogP contribution in [0.1, 0.15) is 24.7 Å². The Morgan fingerprint density at radius 3 is 2.54 bits per heavy atom. The van der Waals surface area contributed by atoms with E-state index < -0.39 is 0 Å². The van der Waals surface area contributed by atoms with Gasteiger partial charge in [-0.3, -0.25) is 0 Å². The fourth-order valence-corrected chi connectivity index (χ4v) is 3.10. The van der Waals surface area contributed by atoms with E-state index in [0.717, 1.165) is 53.3 Å². The molecule has 1 heterocycles. The lowest BCUT2D eigenvalue weighted by atomic mass is 10.1. The lowest BCUT2D eigenvalue weighted by molar-refractivity contribution is 0.354. The van der Waals surface area contributed by atoms with Gasteiger partial charge in [0, 0.05) is 18.0 Å². The van der Waals surface area contributed by atoms with Crippen molar-refractivity contribution < 1.29 is 9.47 Å². The average Bonchev–Trinajstić information content (AvgIpc) is 2.91. The second-order valence-corrected chi connectivity index (χ2v) is 6.12. The zero-order valence-electron chi connectivity index (χ0n) is 14.2. The third-order valence-electron chi connectivity index (χ3n) is 4.05. The molecule has 4 nitrogen and oxygen atoms in total. The SMILES string of the molecule is CCCn1c(Cc2ccc(OC)c(OC)c2)nc2cc(Cl)ccc21. The smallest absolute Gasteiger partial charge is 0.161 e. The van der Waals surface area contributed by atoms with Gasteiger partial charge in [0.05, 0.1) is 25.3 Å². The van der Waals surface area contributed by atoms with E-state index in [-0.39, 0.29) is 0 Å². The van der Waals surface area contributed by atoms with Gasteiger partial charge in [0.15, 0.2) is 11.5 Å². The molecule has 0 aliphatic heterocycles. The van der Waals surface area contributed by atoms with Crippen molar-refractivity contribution in [3.63, 3.8) is 0 Å². The Hall–Kier alpha value is -2.20. The van der Waals surface area contributed by atoms with E-state index in [1.54, 1.807) is 14.2 Å². The molecule has 0 aliphatic rings. The quantitative estimate of drug-likeness (QED) is 0.649. The van der Waals surface area contributed by atoms with E-state index in [9.17, 15) is 0 Å². The van der Waals surface area contributed by atoms with Crippen molar-refractivity contribution in [3.05, 3.63) is 52.8 Å². The van der Waals surface area contributed by atoms with E-state index in [0.29, 0.717) is 5.02 Å². The summed E-state index contributed by atoms with van der Waals surface area (Å²) in [4.78, 5) is 4.79. The number of fused-ring (bicyclic) bond motifs is 1. The molecule has 0 spiro atoms. The molecule has 24 heavy (non-hydrogen) atoms. The second kappa shape index (κ2) is 7.14.